The Morgan fingerprint density at radius 1 is 0.970 bits per heavy atom. The number of benzene rings is 2. The Hall–Kier alpha value is -3.85. The van der Waals surface area contributed by atoms with Crippen LogP contribution in [0.2, 0.25) is 0 Å². The highest BCUT2D eigenvalue weighted by Crippen LogP contribution is 2.32. The van der Waals surface area contributed by atoms with Gasteiger partial charge in [0.1, 0.15) is 6.04 Å². The van der Waals surface area contributed by atoms with Gasteiger partial charge in [0, 0.05) is 66.6 Å². The number of hydrogen-bond acceptors (Lipinski definition) is 5. The molecule has 2 heterocycles. The molecular formula is C24H26N4O5. The van der Waals surface area contributed by atoms with Crippen molar-refractivity contribution < 1.29 is 24.6 Å². The van der Waals surface area contributed by atoms with E-state index in [2.05, 4.69) is 27.3 Å². The average molecular weight is 450 g/mol. The number of H-pyrrole nitrogens is 1. The van der Waals surface area contributed by atoms with E-state index in [1.54, 1.807) is 24.4 Å². The fourth-order valence-corrected chi connectivity index (χ4v) is 4.25. The highest BCUT2D eigenvalue weighted by molar-refractivity contribution is 5.96. The zero-order valence-electron chi connectivity index (χ0n) is 18.0. The third kappa shape index (κ3) is 5.15. The van der Waals surface area contributed by atoms with Crippen molar-refractivity contribution in [2.24, 2.45) is 0 Å². The van der Waals surface area contributed by atoms with E-state index in [-0.39, 0.29) is 12.8 Å². The summed E-state index contributed by atoms with van der Waals surface area (Å²) >= 11 is 0. The zero-order chi connectivity index (χ0) is 23.4. The lowest BCUT2D eigenvalue weighted by molar-refractivity contribution is -0.143. The summed E-state index contributed by atoms with van der Waals surface area (Å²) in [6, 6.07) is 14.4. The first-order valence-electron chi connectivity index (χ1n) is 10.8. The van der Waals surface area contributed by atoms with E-state index in [0.29, 0.717) is 29.7 Å². The van der Waals surface area contributed by atoms with Gasteiger partial charge in [-0.1, -0.05) is 18.2 Å². The maximum Gasteiger partial charge on any atom is 0.325 e. The fraction of sp³-hybridized carbons (Fsp3) is 0.292. The molecule has 1 aromatic heterocycles. The smallest absolute Gasteiger partial charge is 0.325 e. The topological polar surface area (TPSA) is 126 Å². The molecule has 9 heteroatoms. The van der Waals surface area contributed by atoms with E-state index >= 15 is 0 Å². The van der Waals surface area contributed by atoms with Gasteiger partial charge in [0.15, 0.2) is 0 Å². The highest BCUT2D eigenvalue weighted by atomic mass is 16.4. The second-order valence-electron chi connectivity index (χ2n) is 8.05. The van der Waals surface area contributed by atoms with Crippen LogP contribution in [0.5, 0.6) is 0 Å². The number of piperazine rings is 1. The molecule has 1 atom stereocenters. The first-order valence-corrected chi connectivity index (χ1v) is 10.8. The number of carboxylic acids is 2. The normalized spacial score (nSPS) is 15.3. The van der Waals surface area contributed by atoms with Crippen LogP contribution in [0.4, 0.5) is 11.4 Å². The van der Waals surface area contributed by atoms with Gasteiger partial charge in [-0.3, -0.25) is 19.3 Å². The van der Waals surface area contributed by atoms with Gasteiger partial charge in [-0.05, 0) is 30.3 Å². The van der Waals surface area contributed by atoms with Gasteiger partial charge in [-0.25, -0.2) is 0 Å². The Morgan fingerprint density at radius 3 is 2.36 bits per heavy atom. The number of carbonyl (C=O) groups is 3. The summed E-state index contributed by atoms with van der Waals surface area (Å²) in [7, 11) is 0. The summed E-state index contributed by atoms with van der Waals surface area (Å²) in [6.07, 6.45) is 1.33. The maximum atomic E-state index is 12.3. The molecule has 0 spiro atoms. The highest BCUT2D eigenvalue weighted by Gasteiger charge is 2.32. The number of anilines is 2. The lowest BCUT2D eigenvalue weighted by Crippen LogP contribution is -2.49. The van der Waals surface area contributed by atoms with Gasteiger partial charge in [-0.2, -0.15) is 0 Å². The third-order valence-corrected chi connectivity index (χ3v) is 5.89. The van der Waals surface area contributed by atoms with E-state index in [0.717, 1.165) is 24.3 Å². The predicted octanol–water partition coefficient (Wildman–Crippen LogP) is 2.92. The average Bonchev–Trinajstić information content (AvgIpc) is 3.21. The molecule has 1 aliphatic rings. The van der Waals surface area contributed by atoms with Crippen molar-refractivity contribution in [2.45, 2.75) is 18.9 Å². The summed E-state index contributed by atoms with van der Waals surface area (Å²) in [5, 5.41) is 22.2. The largest absolute Gasteiger partial charge is 0.481 e. The van der Waals surface area contributed by atoms with Crippen molar-refractivity contribution in [1.82, 2.24) is 9.88 Å². The molecule has 1 aliphatic heterocycles. The summed E-state index contributed by atoms with van der Waals surface area (Å²) in [5.74, 6) is -2.37. The molecule has 0 aliphatic carbocycles. The number of rotatable bonds is 8. The first-order chi connectivity index (χ1) is 15.9. The SMILES string of the molecule is O=C(O)CCC(=O)Nc1ccc2[nH]cc([C@H](C(=O)O)N3CCN(c4ccccc4)CC3)c2c1. The molecule has 172 valence electrons. The number of nitrogens with zero attached hydrogens (tertiary/aromatic N) is 2. The number of carboxylic acid groups (broad SMARTS) is 2. The van der Waals surface area contributed by atoms with Crippen LogP contribution in [-0.2, 0) is 14.4 Å². The van der Waals surface area contributed by atoms with Crippen molar-refractivity contribution >= 4 is 40.1 Å². The molecule has 33 heavy (non-hydrogen) atoms. The Morgan fingerprint density at radius 2 is 1.70 bits per heavy atom. The molecule has 0 unspecified atom stereocenters. The number of aliphatic carboxylic acids is 2. The minimum Gasteiger partial charge on any atom is -0.481 e. The number of fused-ring (bicyclic) bond motifs is 1. The predicted molar refractivity (Wildman–Crippen MR) is 124 cm³/mol. The second-order valence-corrected chi connectivity index (χ2v) is 8.05. The molecular weight excluding hydrogens is 424 g/mol. The molecule has 1 fully saturated rings. The maximum absolute atomic E-state index is 12.3. The number of aromatic nitrogens is 1. The number of para-hydroxylation sites is 1. The molecule has 3 aromatic rings. The van der Waals surface area contributed by atoms with Crippen molar-refractivity contribution in [3.8, 4) is 0 Å². The quantitative estimate of drug-likeness (QED) is 0.416. The van der Waals surface area contributed by atoms with Crippen LogP contribution in [0.25, 0.3) is 10.9 Å². The summed E-state index contributed by atoms with van der Waals surface area (Å²) in [5.41, 5.74) is 3.02. The summed E-state index contributed by atoms with van der Waals surface area (Å²) < 4.78 is 0. The Labute approximate surface area is 190 Å². The van der Waals surface area contributed by atoms with E-state index in [9.17, 15) is 19.5 Å². The molecule has 0 radical (unpaired) electrons. The molecule has 0 saturated carbocycles. The van der Waals surface area contributed by atoms with Crippen LogP contribution in [-0.4, -0.2) is 64.1 Å². The standard InChI is InChI=1S/C24H26N4O5/c29-21(8-9-22(30)31)26-16-6-7-20-18(14-16)19(15-25-20)23(24(32)33)28-12-10-27(11-13-28)17-4-2-1-3-5-17/h1-7,14-15,23,25H,8-13H2,(H,26,29)(H,30,31)(H,32,33)/t23-/m1/s1. The van der Waals surface area contributed by atoms with Crippen molar-refractivity contribution in [2.75, 3.05) is 36.4 Å². The summed E-state index contributed by atoms with van der Waals surface area (Å²) in [4.78, 5) is 42.4. The van der Waals surface area contributed by atoms with Gasteiger partial charge >= 0.3 is 11.9 Å². The van der Waals surface area contributed by atoms with E-state index in [1.165, 1.54) is 0 Å². The fourth-order valence-electron chi connectivity index (χ4n) is 4.25. The Balaban J connectivity index is 1.52. The molecule has 2 aromatic carbocycles. The van der Waals surface area contributed by atoms with Gasteiger partial charge in [-0.15, -0.1) is 0 Å². The molecule has 1 amide bonds. The number of hydrogen-bond donors (Lipinski definition) is 4. The monoisotopic (exact) mass is 450 g/mol. The summed E-state index contributed by atoms with van der Waals surface area (Å²) in [6.45, 7) is 2.65. The molecule has 9 nitrogen and oxygen atoms in total. The Kier molecular flexibility index (Phi) is 6.60. The van der Waals surface area contributed by atoms with Gasteiger partial charge in [0.25, 0.3) is 0 Å². The van der Waals surface area contributed by atoms with Crippen molar-refractivity contribution in [3.63, 3.8) is 0 Å². The Bertz CT molecular complexity index is 1150. The van der Waals surface area contributed by atoms with Gasteiger partial charge in [0.05, 0.1) is 6.42 Å². The number of carbonyl (C=O) groups excluding carboxylic acids is 1. The molecule has 1 saturated heterocycles. The van der Waals surface area contributed by atoms with Crippen LogP contribution in [0.15, 0.2) is 54.7 Å². The van der Waals surface area contributed by atoms with Crippen molar-refractivity contribution in [3.05, 3.63) is 60.3 Å². The van der Waals surface area contributed by atoms with Crippen molar-refractivity contribution in [1.29, 1.82) is 0 Å². The lowest BCUT2D eigenvalue weighted by Gasteiger charge is -2.38. The third-order valence-electron chi connectivity index (χ3n) is 5.89. The molecule has 4 rings (SSSR count). The number of nitrogens with one attached hydrogen (secondary N) is 2. The lowest BCUT2D eigenvalue weighted by atomic mass is 10.0. The first kappa shape index (κ1) is 22.3. The van der Waals surface area contributed by atoms with E-state index in [1.807, 2.05) is 23.1 Å². The van der Waals surface area contributed by atoms with Crippen LogP contribution >= 0.6 is 0 Å². The van der Waals surface area contributed by atoms with Gasteiger partial charge < -0.3 is 25.4 Å². The van der Waals surface area contributed by atoms with Gasteiger partial charge in [0.2, 0.25) is 5.91 Å². The van der Waals surface area contributed by atoms with Crippen LogP contribution in [0, 0.1) is 0 Å². The number of amides is 1. The number of aromatic amines is 1. The minimum atomic E-state index is -1.04. The minimum absolute atomic E-state index is 0.128. The second kappa shape index (κ2) is 9.74. The zero-order valence-corrected chi connectivity index (χ0v) is 18.0. The van der Waals surface area contributed by atoms with Crippen LogP contribution < -0.4 is 10.2 Å². The van der Waals surface area contributed by atoms with Crippen LogP contribution in [0.3, 0.4) is 0 Å². The molecule has 4 N–H and O–H groups in total. The van der Waals surface area contributed by atoms with E-state index in [4.69, 9.17) is 5.11 Å². The molecule has 0 bridgehead atoms. The van der Waals surface area contributed by atoms with E-state index < -0.39 is 23.9 Å². The van der Waals surface area contributed by atoms with Crippen LogP contribution in [0.1, 0.15) is 24.4 Å².